The van der Waals surface area contributed by atoms with Crippen LogP contribution in [0.4, 0.5) is 17.1 Å². The predicted molar refractivity (Wildman–Crippen MR) is 184 cm³/mol. The van der Waals surface area contributed by atoms with Crippen LogP contribution in [-0.4, -0.2) is 28.3 Å². The maximum atomic E-state index is 6.71. The second-order valence-electron chi connectivity index (χ2n) is 11.9. The van der Waals surface area contributed by atoms with Gasteiger partial charge in [-0.05, 0) is 74.4 Å². The third-order valence-corrected chi connectivity index (χ3v) is 8.68. The van der Waals surface area contributed by atoms with Gasteiger partial charge in [0.15, 0.2) is 0 Å². The van der Waals surface area contributed by atoms with Crippen LogP contribution in [0.1, 0.15) is 16.7 Å². The molecule has 220 valence electrons. The van der Waals surface area contributed by atoms with Crippen LogP contribution < -0.4 is 14.5 Å². The highest BCUT2D eigenvalue weighted by molar-refractivity contribution is 6.07. The second-order valence-corrected chi connectivity index (χ2v) is 11.9. The Balaban J connectivity index is 1.28. The monoisotopic (exact) mass is 587 g/mol. The molecule has 6 heteroatoms. The van der Waals surface area contributed by atoms with E-state index in [9.17, 15) is 0 Å². The van der Waals surface area contributed by atoms with E-state index in [-0.39, 0.29) is 0 Å². The molecule has 0 spiro atoms. The van der Waals surface area contributed by atoms with E-state index in [2.05, 4.69) is 133 Å². The van der Waals surface area contributed by atoms with E-state index in [0.29, 0.717) is 5.75 Å². The fourth-order valence-corrected chi connectivity index (χ4v) is 6.86. The van der Waals surface area contributed by atoms with E-state index in [0.717, 1.165) is 57.1 Å². The third kappa shape index (κ3) is 4.57. The molecular formula is C39H33N5O. The molecule has 0 radical (unpaired) electrons. The van der Waals surface area contributed by atoms with Crippen LogP contribution in [0.15, 0.2) is 115 Å². The average Bonchev–Trinajstić information content (AvgIpc) is 3.56. The average molecular weight is 588 g/mol. The minimum Gasteiger partial charge on any atom is -0.457 e. The first-order valence-corrected chi connectivity index (χ1v) is 15.2. The van der Waals surface area contributed by atoms with Gasteiger partial charge >= 0.3 is 0 Å². The minimum atomic E-state index is 0.715. The Labute approximate surface area is 262 Å². The lowest BCUT2D eigenvalue weighted by Crippen LogP contribution is -2.23. The van der Waals surface area contributed by atoms with Crippen LogP contribution >= 0.6 is 0 Å². The van der Waals surface area contributed by atoms with Crippen molar-refractivity contribution in [2.45, 2.75) is 20.8 Å². The van der Waals surface area contributed by atoms with E-state index in [4.69, 9.17) is 14.7 Å². The summed E-state index contributed by atoms with van der Waals surface area (Å²) in [5, 5.41) is 2.23. The Kier molecular flexibility index (Phi) is 6.31. The lowest BCUT2D eigenvalue weighted by atomic mass is 9.97. The number of hydrogen-bond donors (Lipinski definition) is 0. The maximum absolute atomic E-state index is 6.71. The molecule has 3 aromatic heterocycles. The summed E-state index contributed by atoms with van der Waals surface area (Å²) in [5.41, 5.74) is 11.0. The van der Waals surface area contributed by atoms with E-state index < -0.39 is 0 Å². The van der Waals surface area contributed by atoms with Crippen molar-refractivity contribution < 1.29 is 4.74 Å². The second kappa shape index (κ2) is 10.5. The number of ether oxygens (including phenoxy) is 1. The Morgan fingerprint density at radius 1 is 0.689 bits per heavy atom. The molecule has 45 heavy (non-hydrogen) atoms. The van der Waals surface area contributed by atoms with Gasteiger partial charge in [-0.25, -0.2) is 9.97 Å². The van der Waals surface area contributed by atoms with Gasteiger partial charge in [0.05, 0.1) is 29.3 Å². The van der Waals surface area contributed by atoms with Gasteiger partial charge in [0.1, 0.15) is 23.0 Å². The van der Waals surface area contributed by atoms with Gasteiger partial charge in [-0.3, -0.25) is 4.57 Å². The lowest BCUT2D eigenvalue weighted by Gasteiger charge is -2.20. The first-order valence-electron chi connectivity index (χ1n) is 15.2. The molecule has 1 aliphatic heterocycles. The highest BCUT2D eigenvalue weighted by Gasteiger charge is 2.24. The zero-order valence-corrected chi connectivity index (χ0v) is 25.8. The summed E-state index contributed by atoms with van der Waals surface area (Å²) >= 11 is 0. The summed E-state index contributed by atoms with van der Waals surface area (Å²) < 4.78 is 8.85. The van der Waals surface area contributed by atoms with E-state index in [1.54, 1.807) is 0 Å². The number of benzene rings is 4. The number of nitrogens with zero attached hydrogens (tertiary/aromatic N) is 5. The van der Waals surface area contributed by atoms with Gasteiger partial charge in [-0.15, -0.1) is 0 Å². The molecule has 0 saturated carbocycles. The predicted octanol–water partition coefficient (Wildman–Crippen LogP) is 9.50. The first kappa shape index (κ1) is 27.0. The Morgan fingerprint density at radius 3 is 2.29 bits per heavy atom. The van der Waals surface area contributed by atoms with Crippen molar-refractivity contribution in [2.75, 3.05) is 23.5 Å². The number of aromatic nitrogens is 3. The SMILES string of the molecule is Cc1cc(C)c(-c2cc(Oc3cccc(N4CN(C)c5ccccc54)c3)cc(-n3c4ccccc4c4cccnc43)n2)c(C)c1. The Hall–Kier alpha value is -5.62. The first-order chi connectivity index (χ1) is 21.9. The fourth-order valence-electron chi connectivity index (χ4n) is 6.86. The molecule has 0 N–H and O–H groups in total. The highest BCUT2D eigenvalue weighted by atomic mass is 16.5. The summed E-state index contributed by atoms with van der Waals surface area (Å²) in [5.74, 6) is 2.24. The van der Waals surface area contributed by atoms with Gasteiger partial charge in [0, 0.05) is 53.5 Å². The maximum Gasteiger partial charge on any atom is 0.146 e. The summed E-state index contributed by atoms with van der Waals surface area (Å²) in [4.78, 5) is 14.7. The third-order valence-electron chi connectivity index (χ3n) is 8.68. The van der Waals surface area contributed by atoms with Crippen molar-refractivity contribution in [3.63, 3.8) is 0 Å². The highest BCUT2D eigenvalue weighted by Crippen LogP contribution is 2.41. The van der Waals surface area contributed by atoms with Crippen LogP contribution in [0.25, 0.3) is 39.0 Å². The van der Waals surface area contributed by atoms with Crippen LogP contribution in [0.5, 0.6) is 11.5 Å². The lowest BCUT2D eigenvalue weighted by molar-refractivity contribution is 0.482. The molecule has 0 bridgehead atoms. The van der Waals surface area contributed by atoms with Crippen molar-refractivity contribution in [3.8, 4) is 28.6 Å². The van der Waals surface area contributed by atoms with Crippen LogP contribution in [0, 0.1) is 20.8 Å². The number of pyridine rings is 2. The zero-order valence-electron chi connectivity index (χ0n) is 25.8. The zero-order chi connectivity index (χ0) is 30.7. The normalized spacial score (nSPS) is 12.7. The van der Waals surface area contributed by atoms with Crippen molar-refractivity contribution in [1.29, 1.82) is 0 Å². The molecule has 0 amide bonds. The van der Waals surface area contributed by atoms with Crippen molar-refractivity contribution >= 4 is 39.0 Å². The number of hydrogen-bond acceptors (Lipinski definition) is 5. The molecule has 8 rings (SSSR count). The Morgan fingerprint density at radius 2 is 1.44 bits per heavy atom. The topological polar surface area (TPSA) is 46.4 Å². The van der Waals surface area contributed by atoms with Crippen LogP contribution in [-0.2, 0) is 0 Å². The van der Waals surface area contributed by atoms with Crippen LogP contribution in [0.2, 0.25) is 0 Å². The molecule has 7 aromatic rings. The molecule has 0 unspecified atom stereocenters. The molecule has 0 saturated heterocycles. The Bertz CT molecular complexity index is 2170. The van der Waals surface area contributed by atoms with Gasteiger partial charge in [0.25, 0.3) is 0 Å². The molecule has 0 atom stereocenters. The number of para-hydroxylation sites is 3. The molecule has 0 fully saturated rings. The van der Waals surface area contributed by atoms with Gasteiger partial charge in [-0.2, -0.15) is 0 Å². The van der Waals surface area contributed by atoms with Gasteiger partial charge in [0.2, 0.25) is 0 Å². The van der Waals surface area contributed by atoms with Crippen molar-refractivity contribution in [2.24, 2.45) is 0 Å². The molecular weight excluding hydrogens is 554 g/mol. The molecule has 4 heterocycles. The minimum absolute atomic E-state index is 0.715. The van der Waals surface area contributed by atoms with E-state index in [1.165, 1.54) is 28.1 Å². The standard InChI is InChI=1S/C39H33N5O/c1-25-19-26(2)38(27(3)20-25)33-22-30(23-37(41-33)44-34-15-6-5-13-31(34)32-14-10-18-40-39(32)44)45-29-12-9-11-28(21-29)43-24-42(4)35-16-7-8-17-36(35)43/h5-23H,24H2,1-4H3. The summed E-state index contributed by atoms with van der Waals surface area (Å²) in [6.07, 6.45) is 1.84. The molecule has 1 aliphatic rings. The van der Waals surface area contributed by atoms with Crippen LogP contribution in [0.3, 0.4) is 0 Å². The number of anilines is 3. The molecule has 0 aliphatic carbocycles. The largest absolute Gasteiger partial charge is 0.457 e. The molecule has 4 aromatic carbocycles. The van der Waals surface area contributed by atoms with Crippen molar-refractivity contribution in [1.82, 2.24) is 14.5 Å². The molecule has 6 nitrogen and oxygen atoms in total. The number of aryl methyl sites for hydroxylation is 3. The van der Waals surface area contributed by atoms with Crippen molar-refractivity contribution in [3.05, 3.63) is 132 Å². The number of fused-ring (bicyclic) bond motifs is 4. The summed E-state index contributed by atoms with van der Waals surface area (Å²) in [6, 6.07) is 37.8. The van der Waals surface area contributed by atoms with E-state index >= 15 is 0 Å². The quantitative estimate of drug-likeness (QED) is 0.201. The fraction of sp³-hybridized carbons (Fsp3) is 0.128. The number of rotatable bonds is 5. The summed E-state index contributed by atoms with van der Waals surface area (Å²) in [6.45, 7) is 7.22. The smallest absolute Gasteiger partial charge is 0.146 e. The van der Waals surface area contributed by atoms with E-state index in [1.807, 2.05) is 24.4 Å². The summed E-state index contributed by atoms with van der Waals surface area (Å²) in [7, 11) is 2.12. The van der Waals surface area contributed by atoms with Gasteiger partial charge in [-0.1, -0.05) is 54.1 Å². The van der Waals surface area contributed by atoms with Gasteiger partial charge < -0.3 is 14.5 Å².